The molecule has 0 spiro atoms. The second-order valence-electron chi connectivity index (χ2n) is 4.86. The van der Waals surface area contributed by atoms with Crippen molar-refractivity contribution in [3.8, 4) is 0 Å². The number of morpholine rings is 1. The van der Waals surface area contributed by atoms with Gasteiger partial charge in [0.2, 0.25) is 5.91 Å². The topological polar surface area (TPSA) is 55.6 Å². The Labute approximate surface area is 121 Å². The molecule has 1 aliphatic rings. The number of nitrogens with zero attached hydrogens (tertiary/aromatic N) is 2. The first kappa shape index (κ1) is 13.8. The van der Waals surface area contributed by atoms with Crippen molar-refractivity contribution in [1.29, 1.82) is 0 Å². The number of aromatic nitrogens is 1. The van der Waals surface area contributed by atoms with Gasteiger partial charge in [0, 0.05) is 12.2 Å². The van der Waals surface area contributed by atoms with E-state index in [-0.39, 0.29) is 18.4 Å². The van der Waals surface area contributed by atoms with Gasteiger partial charge >= 0.3 is 0 Å². The molecule has 2 aromatic rings. The molecule has 0 unspecified atom stereocenters. The lowest BCUT2D eigenvalue weighted by Gasteiger charge is -2.32. The number of amides is 1. The van der Waals surface area contributed by atoms with Crippen molar-refractivity contribution in [2.45, 2.75) is 12.5 Å². The maximum atomic E-state index is 12.8. The Bertz CT molecular complexity index is 598. The number of halogens is 1. The van der Waals surface area contributed by atoms with Crippen molar-refractivity contribution in [3.05, 3.63) is 54.0 Å². The number of carbonyl (C=O) groups excluding carboxylic acids is 1. The van der Waals surface area contributed by atoms with Crippen LogP contribution in [-0.2, 0) is 16.0 Å². The molecule has 6 heteroatoms. The monoisotopic (exact) mass is 290 g/mol. The first-order valence-electron chi connectivity index (χ1n) is 6.75. The highest BCUT2D eigenvalue weighted by Gasteiger charge is 2.27. The fourth-order valence-corrected chi connectivity index (χ4v) is 2.30. The summed E-state index contributed by atoms with van der Waals surface area (Å²) in [5, 5.41) is 0. The highest BCUT2D eigenvalue weighted by Crippen LogP contribution is 2.22. The molecule has 0 radical (unpaired) electrons. The predicted molar refractivity (Wildman–Crippen MR) is 71.9 cm³/mol. The van der Waals surface area contributed by atoms with Gasteiger partial charge in [-0.3, -0.25) is 9.78 Å². The molecular formula is C15H15FN2O3. The third-order valence-electron chi connectivity index (χ3n) is 3.40. The van der Waals surface area contributed by atoms with Gasteiger partial charge in [-0.2, -0.15) is 0 Å². The van der Waals surface area contributed by atoms with Crippen LogP contribution in [0.1, 0.15) is 17.6 Å². The largest absolute Gasteiger partial charge is 0.467 e. The number of hydrogen-bond acceptors (Lipinski definition) is 4. The summed E-state index contributed by atoms with van der Waals surface area (Å²) in [6.07, 6.45) is 2.62. The molecule has 1 fully saturated rings. The molecule has 3 heterocycles. The molecule has 0 bridgehead atoms. The average molecular weight is 290 g/mol. The maximum absolute atomic E-state index is 12.8. The number of furan rings is 1. The van der Waals surface area contributed by atoms with Crippen molar-refractivity contribution in [2.75, 3.05) is 19.7 Å². The van der Waals surface area contributed by atoms with Crippen molar-refractivity contribution in [1.82, 2.24) is 9.88 Å². The summed E-state index contributed by atoms with van der Waals surface area (Å²) in [5.74, 6) is 0.261. The second kappa shape index (κ2) is 6.05. The van der Waals surface area contributed by atoms with Crippen molar-refractivity contribution in [3.63, 3.8) is 0 Å². The van der Waals surface area contributed by atoms with E-state index in [2.05, 4.69) is 4.98 Å². The van der Waals surface area contributed by atoms with Gasteiger partial charge in [-0.25, -0.2) is 4.39 Å². The molecule has 5 nitrogen and oxygen atoms in total. The van der Waals surface area contributed by atoms with E-state index in [0.29, 0.717) is 31.2 Å². The van der Waals surface area contributed by atoms with Crippen LogP contribution in [0.5, 0.6) is 0 Å². The zero-order valence-corrected chi connectivity index (χ0v) is 11.4. The van der Waals surface area contributed by atoms with Gasteiger partial charge in [-0.15, -0.1) is 0 Å². The summed E-state index contributed by atoms with van der Waals surface area (Å²) in [4.78, 5) is 17.9. The predicted octanol–water partition coefficient (Wildman–Crippen LogP) is 1.96. The Hall–Kier alpha value is -2.21. The van der Waals surface area contributed by atoms with Crippen LogP contribution in [0.15, 0.2) is 41.1 Å². The van der Waals surface area contributed by atoms with Crippen molar-refractivity contribution < 1.29 is 18.3 Å². The number of hydrogen-bond donors (Lipinski definition) is 0. The van der Waals surface area contributed by atoms with E-state index in [4.69, 9.17) is 9.15 Å². The van der Waals surface area contributed by atoms with E-state index in [1.54, 1.807) is 17.2 Å². The number of carbonyl (C=O) groups is 1. The van der Waals surface area contributed by atoms with E-state index in [1.807, 2.05) is 6.07 Å². The Kier molecular flexibility index (Phi) is 3.96. The average Bonchev–Trinajstić information content (AvgIpc) is 3.04. The summed E-state index contributed by atoms with van der Waals surface area (Å²) in [7, 11) is 0. The van der Waals surface area contributed by atoms with Gasteiger partial charge in [0.1, 0.15) is 17.7 Å². The van der Waals surface area contributed by atoms with E-state index in [1.165, 1.54) is 12.1 Å². The smallest absolute Gasteiger partial charge is 0.228 e. The lowest BCUT2D eigenvalue weighted by atomic mass is 10.2. The van der Waals surface area contributed by atoms with Gasteiger partial charge in [0.05, 0.1) is 32.0 Å². The highest BCUT2D eigenvalue weighted by atomic mass is 19.1. The molecule has 1 saturated heterocycles. The Balaban J connectivity index is 1.63. The third-order valence-corrected chi connectivity index (χ3v) is 3.40. The zero-order chi connectivity index (χ0) is 14.7. The van der Waals surface area contributed by atoms with Crippen LogP contribution in [0, 0.1) is 5.82 Å². The van der Waals surface area contributed by atoms with Gasteiger partial charge in [0.15, 0.2) is 0 Å². The van der Waals surface area contributed by atoms with Crippen molar-refractivity contribution in [2.24, 2.45) is 0 Å². The summed E-state index contributed by atoms with van der Waals surface area (Å²) < 4.78 is 23.7. The third kappa shape index (κ3) is 3.28. The Morgan fingerprint density at radius 3 is 3.05 bits per heavy atom. The van der Waals surface area contributed by atoms with Crippen LogP contribution in [-0.4, -0.2) is 35.5 Å². The van der Waals surface area contributed by atoms with Crippen molar-refractivity contribution >= 4 is 5.91 Å². The van der Waals surface area contributed by atoms with Gasteiger partial charge in [-0.05, 0) is 24.3 Å². The lowest BCUT2D eigenvalue weighted by molar-refractivity contribution is -0.139. The zero-order valence-electron chi connectivity index (χ0n) is 11.4. The number of ether oxygens (including phenoxy) is 1. The normalized spacial score (nSPS) is 18.7. The SMILES string of the molecule is O=C(Cc1ccc(F)cn1)N1CCO[C@H](c2ccco2)C1. The maximum Gasteiger partial charge on any atom is 0.228 e. The second-order valence-corrected chi connectivity index (χ2v) is 4.86. The van der Waals surface area contributed by atoms with Crippen LogP contribution < -0.4 is 0 Å². The van der Waals surface area contributed by atoms with E-state index >= 15 is 0 Å². The molecule has 0 N–H and O–H groups in total. The molecule has 2 aromatic heterocycles. The summed E-state index contributed by atoms with van der Waals surface area (Å²) in [6, 6.07) is 6.46. The molecule has 1 amide bonds. The number of rotatable bonds is 3. The van der Waals surface area contributed by atoms with Gasteiger partial charge in [0.25, 0.3) is 0 Å². The molecule has 110 valence electrons. The Morgan fingerprint density at radius 2 is 2.33 bits per heavy atom. The van der Waals surface area contributed by atoms with Crippen LogP contribution in [0.4, 0.5) is 4.39 Å². The molecule has 1 atom stereocenters. The highest BCUT2D eigenvalue weighted by molar-refractivity contribution is 5.78. The lowest BCUT2D eigenvalue weighted by Crippen LogP contribution is -2.43. The van der Waals surface area contributed by atoms with E-state index < -0.39 is 5.82 Å². The summed E-state index contributed by atoms with van der Waals surface area (Å²) in [6.45, 7) is 1.46. The standard InChI is InChI=1S/C15H15FN2O3/c16-11-3-4-12(17-9-11)8-15(19)18-5-7-21-14(10-18)13-2-1-6-20-13/h1-4,6,9,14H,5,7-8,10H2/t14-/m0/s1. The van der Waals surface area contributed by atoms with Crippen LogP contribution in [0.25, 0.3) is 0 Å². The molecular weight excluding hydrogens is 275 g/mol. The molecule has 3 rings (SSSR count). The molecule has 21 heavy (non-hydrogen) atoms. The van der Waals surface area contributed by atoms with Gasteiger partial charge < -0.3 is 14.1 Å². The fraction of sp³-hybridized carbons (Fsp3) is 0.333. The first-order valence-corrected chi connectivity index (χ1v) is 6.75. The molecule has 0 saturated carbocycles. The van der Waals surface area contributed by atoms with Crippen LogP contribution >= 0.6 is 0 Å². The first-order chi connectivity index (χ1) is 10.2. The van der Waals surface area contributed by atoms with E-state index in [0.717, 1.165) is 6.20 Å². The fourth-order valence-electron chi connectivity index (χ4n) is 2.30. The van der Waals surface area contributed by atoms with Crippen LogP contribution in [0.3, 0.4) is 0 Å². The summed E-state index contributed by atoms with van der Waals surface area (Å²) >= 11 is 0. The molecule has 0 aliphatic carbocycles. The molecule has 0 aromatic carbocycles. The summed E-state index contributed by atoms with van der Waals surface area (Å²) in [5.41, 5.74) is 0.558. The van der Waals surface area contributed by atoms with Gasteiger partial charge in [-0.1, -0.05) is 0 Å². The molecule has 1 aliphatic heterocycles. The Morgan fingerprint density at radius 1 is 1.43 bits per heavy atom. The minimum atomic E-state index is -0.407. The number of pyridine rings is 1. The quantitative estimate of drug-likeness (QED) is 0.867. The van der Waals surface area contributed by atoms with E-state index in [9.17, 15) is 9.18 Å². The minimum absolute atomic E-state index is 0.0473. The minimum Gasteiger partial charge on any atom is -0.467 e. The van der Waals surface area contributed by atoms with Crippen LogP contribution in [0.2, 0.25) is 0 Å².